The van der Waals surface area contributed by atoms with Gasteiger partial charge in [-0.3, -0.25) is 38.8 Å². The largest absolute Gasteiger partial charge is 0.493 e. The van der Waals surface area contributed by atoms with Crippen LogP contribution in [0.5, 0.6) is 46.0 Å². The number of carbonyl (C=O) groups is 4. The van der Waals surface area contributed by atoms with E-state index >= 15 is 0 Å². The molecule has 24 heteroatoms. The molecule has 8 N–H and O–H groups in total. The third kappa shape index (κ3) is 23.8. The van der Waals surface area contributed by atoms with Crippen LogP contribution in [0.15, 0.2) is 48.5 Å². The second-order valence-electron chi connectivity index (χ2n) is 31.9. The van der Waals surface area contributed by atoms with Crippen LogP contribution in [0.1, 0.15) is 304 Å². The number of rotatable bonds is 28. The Morgan fingerprint density at radius 2 is 0.700 bits per heavy atom. The number of nitrogens with two attached hydrogens (primary N) is 4. The van der Waals surface area contributed by atoms with E-state index in [4.69, 9.17) is 151 Å². The number of esters is 4. The lowest BCUT2D eigenvalue weighted by Crippen LogP contribution is -2.51. The average Bonchev–Trinajstić information content (AvgIpc) is 0.702. The Morgan fingerprint density at radius 3 is 1.02 bits per heavy atom. The fraction of sp³-hybridized carbons (Fsp3) is 0.708. The lowest BCUT2D eigenvalue weighted by atomic mass is 9.79. The number of piperidine rings is 4. The lowest BCUT2D eigenvalue weighted by Gasteiger charge is -2.47. The summed E-state index contributed by atoms with van der Waals surface area (Å²) in [6, 6.07) is -12.0. The van der Waals surface area contributed by atoms with E-state index in [0.717, 1.165) is 13.2 Å². The maximum Gasteiger partial charge on any atom is 0.323 e. The first-order valence-electron chi connectivity index (χ1n) is 66.3. The quantitative estimate of drug-likeness (QED) is 0.0303. The number of carbonyl (C=O) groups excluding carboxylic acids is 4. The van der Waals surface area contributed by atoms with Crippen LogP contribution in [0.3, 0.4) is 0 Å². The first-order valence-corrected chi connectivity index (χ1v) is 39.3. The van der Waals surface area contributed by atoms with Crippen LogP contribution in [0.25, 0.3) is 0 Å². The zero-order chi connectivity index (χ0) is 135. The van der Waals surface area contributed by atoms with Crippen molar-refractivity contribution >= 4 is 23.9 Å². The highest BCUT2D eigenvalue weighted by Gasteiger charge is 2.47. The van der Waals surface area contributed by atoms with E-state index in [0.29, 0.717) is 30.4 Å². The molecular weight excluding hydrogens is 1520 g/mol. The van der Waals surface area contributed by atoms with Crippen molar-refractivity contribution in [1.82, 2.24) is 19.6 Å². The number of aryl methyl sites for hydroxylation is 3. The van der Waals surface area contributed by atoms with E-state index in [1.807, 2.05) is 55.4 Å². The molecule has 0 radical (unpaired) electrons. The summed E-state index contributed by atoms with van der Waals surface area (Å²) in [6.45, 7) is -22.9. The van der Waals surface area contributed by atoms with E-state index in [2.05, 4.69) is 0 Å². The highest BCUT2D eigenvalue weighted by molar-refractivity contribution is 5.77. The molecular formula is C96H152N8O16. The summed E-state index contributed by atoms with van der Waals surface area (Å²) < 4.78 is 502. The van der Waals surface area contributed by atoms with Crippen molar-refractivity contribution < 1.29 is 150 Å². The number of fused-ring (bicyclic) bond motifs is 12. The summed E-state index contributed by atoms with van der Waals surface area (Å²) in [5.41, 5.74) is 23.6. The molecule has 672 valence electrons. The van der Waals surface area contributed by atoms with Gasteiger partial charge in [0.1, 0.15) is 48.5 Å². The fourth-order valence-electron chi connectivity index (χ4n) is 16.3. The normalized spacial score (nSPS) is 37.7. The Balaban J connectivity index is 0.000000254. The summed E-state index contributed by atoms with van der Waals surface area (Å²) in [7, 11) is 1.92. The SMILES string of the molecule is [2H]C([2H])([2H])C([2H])(C([2H])([2H])[2H])[C@]([2H])(N)C(=O)OC1CC2c3cc(OC)c(OC)cc3C([2H])([2H])C([2H])([2H])N2CC1CC(C)C.[2H]C([2H])([2H])C([2H])(C([2H])([2H])[2H])[C@]([2H])(N)C(=O)OC1CC2c3cc(OC)c(OC)cc3C([2H])([2H])C([2H])([2H])N2CC1CC(C)C.[2H]C([2H])([2H])Oc1cc2c(cc1OC)C1CC(OC(=O)[C@@]([2H])(N)C([2H])(C([2H])([2H])[2H])C([2H])([2H])[2H])C(CC(C)C)CN1C([2H])([2H])C2([2H])[2H].[2H]c1c2c(c([2H])c(OC)c1OC([2H])([2H])[2H])C1([2H])CC([2H])(OC(=O)[C@@]([2H])(N)C([2H])(C([2H])([2H])[2H])C([2H])([2H])[2H])C(CC(C)C)CN1CC2. The first kappa shape index (κ1) is 46.2. The zero-order valence-electron chi connectivity index (χ0n) is 124. The van der Waals surface area contributed by atoms with Crippen molar-refractivity contribution in [3.63, 3.8) is 0 Å². The van der Waals surface area contributed by atoms with Crippen LogP contribution >= 0.6 is 0 Å². The Hall–Kier alpha value is -7.16. The molecule has 4 aromatic carbocycles. The lowest BCUT2D eigenvalue weighted by molar-refractivity contribution is -0.161. The third-order valence-electron chi connectivity index (χ3n) is 21.9. The molecule has 24 nitrogen and oxygen atoms in total. The van der Waals surface area contributed by atoms with Gasteiger partial charge in [-0.2, -0.15) is 0 Å². The Kier molecular flexibility index (Phi) is 16.9. The summed E-state index contributed by atoms with van der Waals surface area (Å²) in [4.78, 5) is 59.3. The van der Waals surface area contributed by atoms with Gasteiger partial charge in [0.05, 0.1) is 75.9 Å². The highest BCUT2D eigenvalue weighted by atomic mass is 16.6. The molecule has 12 unspecified atom stereocenters. The summed E-state index contributed by atoms with van der Waals surface area (Å²) in [5.74, 6) is -25.8. The number of hydrogen-bond donors (Lipinski definition) is 4. The number of nitrogens with zero attached hydrogens (tertiary/aromatic N) is 4. The summed E-state index contributed by atoms with van der Waals surface area (Å²) >= 11 is 0. The van der Waals surface area contributed by atoms with Gasteiger partial charge in [0, 0.05) is 181 Å². The van der Waals surface area contributed by atoms with Gasteiger partial charge in [0.25, 0.3) is 0 Å². The van der Waals surface area contributed by atoms with Crippen LogP contribution in [0.4, 0.5) is 0 Å². The van der Waals surface area contributed by atoms with Gasteiger partial charge >= 0.3 is 23.9 Å². The van der Waals surface area contributed by atoms with E-state index in [9.17, 15) is 21.9 Å². The number of ether oxygens (including phenoxy) is 12. The highest BCUT2D eigenvalue weighted by Crippen LogP contribution is 2.50. The van der Waals surface area contributed by atoms with Crippen molar-refractivity contribution in [3.05, 3.63) is 93.0 Å². The second kappa shape index (κ2) is 43.9. The first-order chi connectivity index (χ1) is 77.9. The summed E-state index contributed by atoms with van der Waals surface area (Å²) in [5, 5.41) is 0. The van der Waals surface area contributed by atoms with Gasteiger partial charge in [-0.1, -0.05) is 110 Å². The molecule has 4 saturated heterocycles. The van der Waals surface area contributed by atoms with Crippen LogP contribution < -0.4 is 60.8 Å². The molecule has 120 heavy (non-hydrogen) atoms. The third-order valence-corrected chi connectivity index (χ3v) is 21.9. The van der Waals surface area contributed by atoms with Crippen LogP contribution in [0, 0.1) is 70.9 Å². The van der Waals surface area contributed by atoms with Gasteiger partial charge in [-0.15, -0.1) is 0 Å². The van der Waals surface area contributed by atoms with Gasteiger partial charge in [0.2, 0.25) is 0 Å². The van der Waals surface area contributed by atoms with Crippen LogP contribution in [0.2, 0.25) is 0 Å². The smallest absolute Gasteiger partial charge is 0.323 e. The molecule has 8 aliphatic rings. The van der Waals surface area contributed by atoms with Gasteiger partial charge in [-0.05, 0) is 191 Å². The van der Waals surface area contributed by atoms with E-state index in [1.54, 1.807) is 4.90 Å². The molecule has 0 spiro atoms. The molecule has 8 heterocycles. The predicted octanol–water partition coefficient (Wildman–Crippen LogP) is 14.3. The average molecular weight is 1730 g/mol. The molecule has 4 aromatic rings. The maximum absolute atomic E-state index is 13.5. The number of benzene rings is 4. The minimum absolute atomic E-state index is 0.00225. The molecule has 0 aromatic heterocycles. The molecule has 4 fully saturated rings. The van der Waals surface area contributed by atoms with Crippen molar-refractivity contribution in [2.45, 2.75) is 260 Å². The minimum atomic E-state index is -3.87. The Bertz CT molecular complexity index is 6230. The predicted molar refractivity (Wildman–Crippen MR) is 471 cm³/mol. The minimum Gasteiger partial charge on any atom is -0.493 e. The molecule has 0 bridgehead atoms. The number of hydrogen-bond acceptors (Lipinski definition) is 24. The molecule has 16 atom stereocenters. The second-order valence-corrected chi connectivity index (χ2v) is 31.9. The van der Waals surface area contributed by atoms with Crippen LogP contribution in [-0.4, -0.2) is 201 Å². The van der Waals surface area contributed by atoms with Crippen molar-refractivity contribution in [3.8, 4) is 46.0 Å². The van der Waals surface area contributed by atoms with Gasteiger partial charge in [-0.25, -0.2) is 0 Å². The standard InChI is InChI=1S/4C24H38N2O4/c4*1-14(2)9-17-13-26-8-7-16-10-21(28-5)22(29-6)11-18(16)19(26)12-20(17)30-24(27)23(25)15(3)4/h4*10-11,14-15,17,19-20,23H,7-9,12-13,25H2,1-6H3/t4*17?,19?,20?,23-/m0000/s1/i3D3,4D3,5D3,10D,11D,15D,19D,20D,23D;3D3,4D3,5D3,7D2,8D2,15D,23D;2*3D3,4D3,7D2,8D2,15D,23D. The van der Waals surface area contributed by atoms with E-state index < -0.39 is 281 Å². The van der Waals surface area contributed by atoms with Crippen molar-refractivity contribution in [2.24, 2.45) is 93.9 Å². The molecule has 12 rings (SSSR count). The monoisotopic (exact) mass is 1730 g/mol. The van der Waals surface area contributed by atoms with Gasteiger partial charge < -0.3 is 79.8 Å². The van der Waals surface area contributed by atoms with E-state index in [1.165, 1.54) is 80.6 Å². The topological polar surface area (TPSA) is 296 Å². The Morgan fingerprint density at radius 1 is 0.400 bits per heavy atom. The van der Waals surface area contributed by atoms with Crippen LogP contribution in [-0.2, 0) is 63.7 Å². The molecule has 8 aliphatic heterocycles. The Labute approximate surface area is 794 Å². The van der Waals surface area contributed by atoms with Crippen molar-refractivity contribution in [2.75, 3.05) is 109 Å². The molecule has 0 amide bonds. The molecule has 0 aliphatic carbocycles. The molecule has 0 saturated carbocycles. The number of methoxy groups -OCH3 is 8. The van der Waals surface area contributed by atoms with E-state index in [-0.39, 0.29) is 156 Å². The maximum atomic E-state index is 13.5. The van der Waals surface area contributed by atoms with Crippen molar-refractivity contribution in [1.29, 1.82) is 0 Å². The summed E-state index contributed by atoms with van der Waals surface area (Å²) in [6.07, 6.45) is -13.5. The zero-order valence-corrected chi connectivity index (χ0v) is 70.1. The van der Waals surface area contributed by atoms with Gasteiger partial charge in [0.15, 0.2) is 46.0 Å². The fourth-order valence-corrected chi connectivity index (χ4v) is 16.3.